The zero-order chi connectivity index (χ0) is 13.9. The molecule has 1 aliphatic rings. The molecule has 20 heavy (non-hydrogen) atoms. The number of hydrogen-bond donors (Lipinski definition) is 1. The number of carbonyl (C=O) groups is 1. The van der Waals surface area contributed by atoms with Gasteiger partial charge in [0.2, 0.25) is 6.79 Å². The van der Waals surface area contributed by atoms with Crippen molar-refractivity contribution in [2.24, 2.45) is 5.10 Å². The number of nitrogens with one attached hydrogen (secondary N) is 1. The quantitative estimate of drug-likeness (QED) is 0.658. The molecule has 8 heteroatoms. The summed E-state index contributed by atoms with van der Waals surface area (Å²) in [5.74, 6) is 0.855. The van der Waals surface area contributed by atoms with Crippen molar-refractivity contribution in [3.63, 3.8) is 0 Å². The highest BCUT2D eigenvalue weighted by Crippen LogP contribution is 2.31. The van der Waals surface area contributed by atoms with Gasteiger partial charge in [-0.15, -0.1) is 0 Å². The number of ether oxygens (including phenoxy) is 2. The number of aromatic nitrogens is 2. The summed E-state index contributed by atoms with van der Waals surface area (Å²) in [7, 11) is 0. The van der Waals surface area contributed by atoms with Crippen LogP contribution in [0.1, 0.15) is 21.7 Å². The largest absolute Gasteiger partial charge is 0.454 e. The molecule has 1 aromatic heterocycles. The lowest BCUT2D eigenvalue weighted by atomic mass is 10.2. The molecule has 0 saturated carbocycles. The second-order valence-electron chi connectivity index (χ2n) is 4.01. The summed E-state index contributed by atoms with van der Waals surface area (Å²) in [6, 6.07) is 5.34. The molecule has 0 spiro atoms. The van der Waals surface area contributed by atoms with Crippen LogP contribution in [0.15, 0.2) is 27.9 Å². The van der Waals surface area contributed by atoms with Gasteiger partial charge in [-0.2, -0.15) is 5.10 Å². The monoisotopic (exact) mass is 274 g/mol. The fourth-order valence-corrected chi connectivity index (χ4v) is 1.65. The van der Waals surface area contributed by atoms with Crippen LogP contribution in [-0.4, -0.2) is 29.2 Å². The van der Waals surface area contributed by atoms with Gasteiger partial charge in [0.05, 0.1) is 6.21 Å². The van der Waals surface area contributed by atoms with Crippen LogP contribution in [0.4, 0.5) is 0 Å². The maximum Gasteiger partial charge on any atom is 0.295 e. The number of fused-ring (bicyclic) bond motifs is 1. The van der Waals surface area contributed by atoms with E-state index in [-0.39, 0.29) is 12.5 Å². The first-order valence-electron chi connectivity index (χ1n) is 5.76. The number of nitrogens with zero attached hydrogens (tertiary/aromatic N) is 3. The fraction of sp³-hybridized carbons (Fsp3) is 0.167. The van der Waals surface area contributed by atoms with Gasteiger partial charge in [-0.05, 0) is 35.8 Å². The highest BCUT2D eigenvalue weighted by molar-refractivity contribution is 5.93. The first-order chi connectivity index (χ1) is 9.74. The molecule has 0 aliphatic carbocycles. The molecule has 3 rings (SSSR count). The molecule has 0 saturated heterocycles. The SMILES string of the molecule is Cc1nonc1C(=O)N/N=C\c1ccc2c(c1)OCO2. The molecule has 1 aromatic carbocycles. The Morgan fingerprint density at radius 3 is 3.00 bits per heavy atom. The summed E-state index contributed by atoms with van der Waals surface area (Å²) in [5, 5.41) is 10.8. The number of rotatable bonds is 3. The van der Waals surface area contributed by atoms with E-state index in [2.05, 4.69) is 25.5 Å². The van der Waals surface area contributed by atoms with Crippen LogP contribution < -0.4 is 14.9 Å². The normalized spacial score (nSPS) is 12.8. The van der Waals surface area contributed by atoms with Crippen molar-refractivity contribution in [1.29, 1.82) is 0 Å². The van der Waals surface area contributed by atoms with Gasteiger partial charge in [-0.1, -0.05) is 5.16 Å². The zero-order valence-electron chi connectivity index (χ0n) is 10.5. The minimum Gasteiger partial charge on any atom is -0.454 e. The first-order valence-corrected chi connectivity index (χ1v) is 5.76. The van der Waals surface area contributed by atoms with Gasteiger partial charge in [-0.3, -0.25) is 4.79 Å². The Morgan fingerprint density at radius 1 is 1.35 bits per heavy atom. The van der Waals surface area contributed by atoms with E-state index in [4.69, 9.17) is 9.47 Å². The van der Waals surface area contributed by atoms with Crippen molar-refractivity contribution in [3.05, 3.63) is 35.2 Å². The molecular weight excluding hydrogens is 264 g/mol. The van der Waals surface area contributed by atoms with Crippen molar-refractivity contribution in [2.45, 2.75) is 6.92 Å². The molecule has 0 atom stereocenters. The van der Waals surface area contributed by atoms with Gasteiger partial charge < -0.3 is 9.47 Å². The lowest BCUT2D eigenvalue weighted by Gasteiger charge is -1.98. The summed E-state index contributed by atoms with van der Waals surface area (Å²) < 4.78 is 14.9. The third kappa shape index (κ3) is 2.30. The lowest BCUT2D eigenvalue weighted by molar-refractivity contribution is 0.0945. The molecule has 1 aliphatic heterocycles. The van der Waals surface area contributed by atoms with E-state index >= 15 is 0 Å². The molecule has 0 unspecified atom stereocenters. The standard InChI is InChI=1S/C12H10N4O4/c1-7-11(16-20-15-7)12(17)14-13-5-8-2-3-9-10(4-8)19-6-18-9/h2-5H,6H2,1H3,(H,14,17)/b13-5-. The molecule has 1 N–H and O–H groups in total. The predicted octanol–water partition coefficient (Wildman–Crippen LogP) is 0.871. The summed E-state index contributed by atoms with van der Waals surface area (Å²) in [6.07, 6.45) is 1.49. The van der Waals surface area contributed by atoms with E-state index in [9.17, 15) is 4.79 Å². The molecule has 0 fully saturated rings. The maximum atomic E-state index is 11.7. The summed E-state index contributed by atoms with van der Waals surface area (Å²) in [6.45, 7) is 1.83. The summed E-state index contributed by atoms with van der Waals surface area (Å²) >= 11 is 0. The minimum atomic E-state index is -0.485. The van der Waals surface area contributed by atoms with Crippen LogP contribution in [0.3, 0.4) is 0 Å². The average molecular weight is 274 g/mol. The summed E-state index contributed by atoms with van der Waals surface area (Å²) in [5.41, 5.74) is 3.61. The maximum absolute atomic E-state index is 11.7. The Labute approximate surface area is 113 Å². The Bertz CT molecular complexity index is 680. The second-order valence-corrected chi connectivity index (χ2v) is 4.01. The first kappa shape index (κ1) is 12.2. The number of carbonyl (C=O) groups excluding carboxylic acids is 1. The zero-order valence-corrected chi connectivity index (χ0v) is 10.5. The Morgan fingerprint density at radius 2 is 2.20 bits per heavy atom. The Hall–Kier alpha value is -2.90. The van der Waals surface area contributed by atoms with Gasteiger partial charge >= 0.3 is 0 Å². The van der Waals surface area contributed by atoms with Crippen LogP contribution in [-0.2, 0) is 0 Å². The van der Waals surface area contributed by atoms with Crippen LogP contribution in [0.25, 0.3) is 0 Å². The van der Waals surface area contributed by atoms with Crippen molar-refractivity contribution in [1.82, 2.24) is 15.7 Å². The van der Waals surface area contributed by atoms with Gasteiger partial charge in [-0.25, -0.2) is 10.1 Å². The molecule has 102 valence electrons. The molecule has 2 heterocycles. The van der Waals surface area contributed by atoms with Crippen molar-refractivity contribution < 1.29 is 18.9 Å². The molecule has 8 nitrogen and oxygen atoms in total. The van der Waals surface area contributed by atoms with E-state index in [0.29, 0.717) is 17.2 Å². The van der Waals surface area contributed by atoms with Gasteiger partial charge in [0, 0.05) is 0 Å². The van der Waals surface area contributed by atoms with Crippen molar-refractivity contribution in [3.8, 4) is 11.5 Å². The third-order valence-corrected chi connectivity index (χ3v) is 2.64. The van der Waals surface area contributed by atoms with Crippen LogP contribution in [0, 0.1) is 6.92 Å². The molecule has 0 radical (unpaired) electrons. The highest BCUT2D eigenvalue weighted by Gasteiger charge is 2.14. The molecule has 1 amide bonds. The number of benzene rings is 1. The molecular formula is C12H10N4O4. The summed E-state index contributed by atoms with van der Waals surface area (Å²) in [4.78, 5) is 11.7. The Balaban J connectivity index is 1.66. The van der Waals surface area contributed by atoms with E-state index < -0.39 is 5.91 Å². The number of hydrazone groups is 1. The highest BCUT2D eigenvalue weighted by atomic mass is 16.7. The lowest BCUT2D eigenvalue weighted by Crippen LogP contribution is -2.19. The fourth-order valence-electron chi connectivity index (χ4n) is 1.65. The van der Waals surface area contributed by atoms with Gasteiger partial charge in [0.25, 0.3) is 5.91 Å². The van der Waals surface area contributed by atoms with Crippen LogP contribution >= 0.6 is 0 Å². The molecule has 0 bridgehead atoms. The van der Waals surface area contributed by atoms with E-state index in [0.717, 1.165) is 5.56 Å². The second kappa shape index (κ2) is 5.00. The molecule has 2 aromatic rings. The predicted molar refractivity (Wildman–Crippen MR) is 66.7 cm³/mol. The van der Waals surface area contributed by atoms with Crippen LogP contribution in [0.2, 0.25) is 0 Å². The number of amides is 1. The third-order valence-electron chi connectivity index (χ3n) is 2.64. The topological polar surface area (TPSA) is 98.8 Å². The average Bonchev–Trinajstić information content (AvgIpc) is 3.06. The van der Waals surface area contributed by atoms with Gasteiger partial charge in [0.15, 0.2) is 17.2 Å². The van der Waals surface area contributed by atoms with E-state index in [1.807, 2.05) is 0 Å². The van der Waals surface area contributed by atoms with E-state index in [1.165, 1.54) is 6.21 Å². The van der Waals surface area contributed by atoms with Gasteiger partial charge in [0.1, 0.15) is 5.69 Å². The van der Waals surface area contributed by atoms with Crippen molar-refractivity contribution in [2.75, 3.05) is 6.79 Å². The minimum absolute atomic E-state index is 0.104. The number of aryl methyl sites for hydroxylation is 1. The smallest absolute Gasteiger partial charge is 0.295 e. The van der Waals surface area contributed by atoms with Crippen molar-refractivity contribution >= 4 is 12.1 Å². The van der Waals surface area contributed by atoms with E-state index in [1.54, 1.807) is 25.1 Å². The number of hydrogen-bond acceptors (Lipinski definition) is 7. The van der Waals surface area contributed by atoms with Crippen LogP contribution in [0.5, 0.6) is 11.5 Å². The Kier molecular flexibility index (Phi) is 3.04.